The molecule has 3 rings (SSSR count). The molecule has 1 aliphatic carbocycles. The number of thiazole rings is 1. The van der Waals surface area contributed by atoms with Gasteiger partial charge in [-0.25, -0.2) is 18.1 Å². The van der Waals surface area contributed by atoms with Gasteiger partial charge < -0.3 is 0 Å². The molecule has 1 amide bonds. The van der Waals surface area contributed by atoms with Gasteiger partial charge in [0, 0.05) is 10.4 Å². The Morgan fingerprint density at radius 2 is 1.87 bits per heavy atom. The van der Waals surface area contributed by atoms with Crippen LogP contribution in [0.25, 0.3) is 0 Å². The zero-order chi connectivity index (χ0) is 16.4. The van der Waals surface area contributed by atoms with Crippen molar-refractivity contribution in [3.05, 3.63) is 40.4 Å². The lowest BCUT2D eigenvalue weighted by Gasteiger charge is -2.06. The van der Waals surface area contributed by atoms with Crippen LogP contribution in [0.1, 0.15) is 33.8 Å². The van der Waals surface area contributed by atoms with E-state index in [4.69, 9.17) is 0 Å². The fourth-order valence-corrected chi connectivity index (χ4v) is 4.25. The Labute approximate surface area is 139 Å². The van der Waals surface area contributed by atoms with Crippen LogP contribution < -0.4 is 10.0 Å². The Bertz CT molecular complexity index is 803. The van der Waals surface area contributed by atoms with Crippen LogP contribution in [0, 0.1) is 0 Å². The van der Waals surface area contributed by atoms with Crippen molar-refractivity contribution >= 4 is 32.4 Å². The maximum absolute atomic E-state index is 12.2. The molecule has 8 heteroatoms. The smallest absolute Gasteiger partial charge is 0.257 e. The van der Waals surface area contributed by atoms with Gasteiger partial charge in [-0.2, -0.15) is 0 Å². The number of nitrogens with one attached hydrogen (secondary N) is 2. The van der Waals surface area contributed by atoms with Gasteiger partial charge in [0.1, 0.15) is 0 Å². The number of rotatable bonds is 4. The lowest BCUT2D eigenvalue weighted by atomic mass is 10.0. The first kappa shape index (κ1) is 16.1. The highest BCUT2D eigenvalue weighted by Gasteiger charge is 2.17. The number of carbonyl (C=O) groups excluding carboxylic acids is 1. The van der Waals surface area contributed by atoms with Crippen LogP contribution in [0.2, 0.25) is 0 Å². The third-order valence-corrected chi connectivity index (χ3v) is 6.26. The number of fused-ring (bicyclic) bond motifs is 1. The third-order valence-electron chi connectivity index (χ3n) is 3.76. The van der Waals surface area contributed by atoms with E-state index >= 15 is 0 Å². The van der Waals surface area contributed by atoms with E-state index in [0.29, 0.717) is 10.7 Å². The lowest BCUT2D eigenvalue weighted by molar-refractivity contribution is 0.102. The Morgan fingerprint density at radius 1 is 1.17 bits per heavy atom. The molecule has 0 saturated carbocycles. The summed E-state index contributed by atoms with van der Waals surface area (Å²) < 4.78 is 25.6. The molecule has 0 aliphatic heterocycles. The molecule has 1 aromatic carbocycles. The molecule has 23 heavy (non-hydrogen) atoms. The van der Waals surface area contributed by atoms with Crippen LogP contribution in [0.15, 0.2) is 29.2 Å². The molecule has 122 valence electrons. The van der Waals surface area contributed by atoms with Gasteiger partial charge in [0.05, 0.1) is 10.6 Å². The Kier molecular flexibility index (Phi) is 4.47. The first-order valence-corrected chi connectivity index (χ1v) is 9.63. The zero-order valence-electron chi connectivity index (χ0n) is 12.6. The minimum absolute atomic E-state index is 0.126. The van der Waals surface area contributed by atoms with E-state index in [1.807, 2.05) is 0 Å². The summed E-state index contributed by atoms with van der Waals surface area (Å²) in [6.07, 6.45) is 4.31. The van der Waals surface area contributed by atoms with Gasteiger partial charge in [-0.1, -0.05) is 0 Å². The van der Waals surface area contributed by atoms with E-state index in [0.717, 1.165) is 25.0 Å². The van der Waals surface area contributed by atoms with Crippen LogP contribution in [-0.4, -0.2) is 26.4 Å². The highest BCUT2D eigenvalue weighted by Crippen LogP contribution is 2.29. The van der Waals surface area contributed by atoms with Crippen molar-refractivity contribution < 1.29 is 13.2 Å². The second kappa shape index (κ2) is 6.38. The summed E-state index contributed by atoms with van der Waals surface area (Å²) in [5, 5.41) is 3.40. The second-order valence-electron chi connectivity index (χ2n) is 5.28. The van der Waals surface area contributed by atoms with Crippen LogP contribution >= 0.6 is 11.3 Å². The molecule has 1 aliphatic rings. The summed E-state index contributed by atoms with van der Waals surface area (Å²) in [6, 6.07) is 5.81. The molecule has 0 fully saturated rings. The quantitative estimate of drug-likeness (QED) is 0.884. The van der Waals surface area contributed by atoms with Crippen molar-refractivity contribution in [3.63, 3.8) is 0 Å². The summed E-state index contributed by atoms with van der Waals surface area (Å²) in [7, 11) is -2.15. The monoisotopic (exact) mass is 351 g/mol. The maximum atomic E-state index is 12.2. The van der Waals surface area contributed by atoms with E-state index in [2.05, 4.69) is 15.0 Å². The van der Waals surface area contributed by atoms with Crippen molar-refractivity contribution in [3.8, 4) is 0 Å². The van der Waals surface area contributed by atoms with Gasteiger partial charge in [-0.3, -0.25) is 10.1 Å². The molecule has 0 radical (unpaired) electrons. The van der Waals surface area contributed by atoms with Crippen LogP contribution in [-0.2, 0) is 22.9 Å². The van der Waals surface area contributed by atoms with Crippen molar-refractivity contribution in [1.82, 2.24) is 9.71 Å². The van der Waals surface area contributed by atoms with Gasteiger partial charge in [-0.15, -0.1) is 11.3 Å². The Balaban J connectivity index is 1.74. The normalized spacial score (nSPS) is 14.3. The third kappa shape index (κ3) is 3.44. The SMILES string of the molecule is CNS(=O)(=O)c1ccc(C(=O)Nc2nc3c(s2)CCCC3)cc1. The number of hydrogen-bond donors (Lipinski definition) is 2. The number of aryl methyl sites for hydroxylation is 2. The molecule has 2 N–H and O–H groups in total. The van der Waals surface area contributed by atoms with Crippen LogP contribution in [0.4, 0.5) is 5.13 Å². The predicted molar refractivity (Wildman–Crippen MR) is 89.4 cm³/mol. The lowest BCUT2D eigenvalue weighted by Crippen LogP contribution is -2.19. The fraction of sp³-hybridized carbons (Fsp3) is 0.333. The van der Waals surface area contributed by atoms with E-state index in [1.165, 1.54) is 53.9 Å². The maximum Gasteiger partial charge on any atom is 0.257 e. The first-order chi connectivity index (χ1) is 11.0. The number of amides is 1. The largest absolute Gasteiger partial charge is 0.298 e. The first-order valence-electron chi connectivity index (χ1n) is 7.33. The van der Waals surface area contributed by atoms with Crippen molar-refractivity contribution in [2.75, 3.05) is 12.4 Å². The highest BCUT2D eigenvalue weighted by atomic mass is 32.2. The van der Waals surface area contributed by atoms with Gasteiger partial charge in [-0.05, 0) is 57.0 Å². The minimum Gasteiger partial charge on any atom is -0.298 e. The van der Waals surface area contributed by atoms with E-state index < -0.39 is 10.0 Å². The summed E-state index contributed by atoms with van der Waals surface area (Å²) in [6.45, 7) is 0. The molecule has 6 nitrogen and oxygen atoms in total. The number of hydrogen-bond acceptors (Lipinski definition) is 5. The van der Waals surface area contributed by atoms with E-state index in [1.54, 1.807) is 0 Å². The number of aromatic nitrogens is 1. The summed E-state index contributed by atoms with van der Waals surface area (Å²) in [5.74, 6) is -0.287. The average Bonchev–Trinajstić information content (AvgIpc) is 2.97. The molecular weight excluding hydrogens is 334 g/mol. The molecule has 1 heterocycles. The van der Waals surface area contributed by atoms with Crippen molar-refractivity contribution in [2.24, 2.45) is 0 Å². The standard InChI is InChI=1S/C15H17N3O3S2/c1-16-23(20,21)11-8-6-10(7-9-11)14(19)18-15-17-12-4-2-3-5-13(12)22-15/h6-9,16H,2-5H2,1H3,(H,17,18,19). The number of sulfonamides is 1. The van der Waals surface area contributed by atoms with Crippen LogP contribution in [0.5, 0.6) is 0 Å². The topological polar surface area (TPSA) is 88.2 Å². The van der Waals surface area contributed by atoms with Gasteiger partial charge >= 0.3 is 0 Å². The molecule has 0 saturated heterocycles. The average molecular weight is 351 g/mol. The van der Waals surface area contributed by atoms with Gasteiger partial charge in [0.2, 0.25) is 10.0 Å². The Morgan fingerprint density at radius 3 is 2.52 bits per heavy atom. The molecular formula is C15H17N3O3S2. The molecule has 2 aromatic rings. The predicted octanol–water partition coefficient (Wildman–Crippen LogP) is 2.18. The zero-order valence-corrected chi connectivity index (χ0v) is 14.3. The molecule has 0 unspecified atom stereocenters. The fourth-order valence-electron chi connectivity index (χ4n) is 2.48. The van der Waals surface area contributed by atoms with Gasteiger partial charge in [0.15, 0.2) is 5.13 Å². The number of anilines is 1. The highest BCUT2D eigenvalue weighted by molar-refractivity contribution is 7.89. The number of nitrogens with zero attached hydrogens (tertiary/aromatic N) is 1. The number of carbonyl (C=O) groups is 1. The van der Waals surface area contributed by atoms with Crippen molar-refractivity contribution in [2.45, 2.75) is 30.6 Å². The van der Waals surface area contributed by atoms with E-state index in [-0.39, 0.29) is 10.8 Å². The molecule has 1 aromatic heterocycles. The van der Waals surface area contributed by atoms with Gasteiger partial charge in [0.25, 0.3) is 5.91 Å². The Hall–Kier alpha value is -1.77. The summed E-state index contributed by atoms with van der Waals surface area (Å²) in [5.41, 5.74) is 1.49. The van der Waals surface area contributed by atoms with E-state index in [9.17, 15) is 13.2 Å². The summed E-state index contributed by atoms with van der Waals surface area (Å²) >= 11 is 1.52. The number of benzene rings is 1. The minimum atomic E-state index is -3.49. The second-order valence-corrected chi connectivity index (χ2v) is 8.25. The molecule has 0 atom stereocenters. The molecule has 0 spiro atoms. The van der Waals surface area contributed by atoms with Crippen LogP contribution in [0.3, 0.4) is 0 Å². The molecule has 0 bridgehead atoms. The summed E-state index contributed by atoms with van der Waals surface area (Å²) in [4.78, 5) is 18.1. The van der Waals surface area contributed by atoms with Crippen molar-refractivity contribution in [1.29, 1.82) is 0 Å².